The van der Waals surface area contributed by atoms with E-state index in [0.717, 1.165) is 72.7 Å². The molecule has 4 aromatic heterocycles. The van der Waals surface area contributed by atoms with Crippen molar-refractivity contribution in [3.63, 3.8) is 0 Å². The second kappa shape index (κ2) is 29.9. The number of aromatic nitrogens is 6. The molecule has 0 saturated carbocycles. The number of imidazole rings is 3. The maximum atomic E-state index is 13.5. The molecule has 0 unspecified atom stereocenters. The van der Waals surface area contributed by atoms with Gasteiger partial charge in [0.1, 0.15) is 5.58 Å². The van der Waals surface area contributed by atoms with Gasteiger partial charge < -0.3 is 18.1 Å². The van der Waals surface area contributed by atoms with Crippen LogP contribution < -0.4 is 0 Å². The number of rotatable bonds is 14. The van der Waals surface area contributed by atoms with Gasteiger partial charge >= 0.3 is 20.1 Å². The number of benzene rings is 11. The van der Waals surface area contributed by atoms with Gasteiger partial charge in [0.05, 0.1) is 56.8 Å². The van der Waals surface area contributed by atoms with Crippen LogP contribution in [0.1, 0.15) is 158 Å². The summed E-state index contributed by atoms with van der Waals surface area (Å²) in [5, 5.41) is 11.5. The van der Waals surface area contributed by atoms with Crippen LogP contribution in [-0.2, 0) is 20.1 Å². The Morgan fingerprint density at radius 2 is 0.940 bits per heavy atom. The number of hydrogen-bond donors (Lipinski definition) is 0. The predicted octanol–water partition coefficient (Wildman–Crippen LogP) is 24.3. The predicted molar refractivity (Wildman–Crippen MR) is 406 cm³/mol. The Morgan fingerprint density at radius 1 is 0.430 bits per heavy atom. The summed E-state index contributed by atoms with van der Waals surface area (Å²) in [6.45, 7) is 26.9. The van der Waals surface area contributed by atoms with Crippen LogP contribution in [0.5, 0.6) is 0 Å². The molecule has 0 spiro atoms. The second-order valence-corrected chi connectivity index (χ2v) is 27.3. The number of nitrogens with zero attached hydrogens (tertiary/aromatic N) is 7. The minimum Gasteiger partial charge on any atom is -0.500 e. The van der Waals surface area contributed by atoms with Gasteiger partial charge in [-0.15, -0.1) is 83.9 Å². The van der Waals surface area contributed by atoms with Gasteiger partial charge in [-0.3, -0.25) is 19.3 Å². The molecule has 8 nitrogen and oxygen atoms in total. The topological polar surface area (TPSA) is 90.4 Å². The Kier molecular flexibility index (Phi) is 20.7. The van der Waals surface area contributed by atoms with Crippen molar-refractivity contribution in [2.24, 2.45) is 0 Å². The number of hydrogen-bond acceptors (Lipinski definition) is 5. The Morgan fingerprint density at radius 3 is 1.49 bits per heavy atom. The quantitative estimate of drug-likeness (QED) is 0.101. The number of halogens is 1. The molecule has 0 atom stereocenters. The van der Waals surface area contributed by atoms with Crippen molar-refractivity contribution < 1.29 is 28.9 Å². The van der Waals surface area contributed by atoms with Crippen molar-refractivity contribution in [2.75, 3.05) is 0 Å². The maximum absolute atomic E-state index is 13.5. The first-order chi connectivity index (χ1) is 48.0. The third-order valence-corrected chi connectivity index (χ3v) is 18.6. The van der Waals surface area contributed by atoms with Crippen molar-refractivity contribution in [1.82, 2.24) is 28.7 Å². The molecular weight excluding hydrogens is 1410 g/mol. The van der Waals surface area contributed by atoms with E-state index < -0.39 is 0 Å². The molecule has 498 valence electrons. The number of nitriles is 1. The summed E-state index contributed by atoms with van der Waals surface area (Å²) < 4.78 is 26.8. The average Bonchev–Trinajstić information content (AvgIpc) is 1.58. The molecular formula is C90H81FIrN7O. The fourth-order valence-electron chi connectivity index (χ4n) is 13.6. The molecule has 11 aromatic carbocycles. The zero-order valence-electron chi connectivity index (χ0n) is 58.7. The van der Waals surface area contributed by atoms with Crippen LogP contribution in [0.25, 0.3) is 117 Å². The van der Waals surface area contributed by atoms with Crippen LogP contribution in [0.4, 0.5) is 4.39 Å². The Hall–Kier alpha value is -10.6. The average molecular weight is 1490 g/mol. The number of fused-ring (bicyclic) bond motifs is 5. The standard InChI is InChI=1S/C44H34N3O.C25H24FN2.C21H23N2.Ir/c1-27(2)37-24-33(32-20-18-31(19-21-32)30-11-6-5-7-12-30)25-38(28(3)4)42(37)47-40-16-9-8-15-39(40)46-44(47)36-14-10-13-35-34-22-17-29(26-45)23-41(34)48-43(35)36;1-16(2)20-8-7-9-21(17(3)4)24(20)28-23-11-6-5-10-22(23)27-25(28)18-12-14-19(26)15-13-18;1-15(2)18-11-8-12-19(16(3)4)20(18)23-14-13-22-21(23)17-9-6-5-7-10-17;/h5-13,15-25,27-28H,1-4H3;5-12,14-17H,1-4H3;5-9,11-16H,1-4H3;/q3*-1;+3. The minimum absolute atomic E-state index is 0. The van der Waals surface area contributed by atoms with Gasteiger partial charge in [0, 0.05) is 40.7 Å². The molecule has 15 rings (SSSR count). The first kappa shape index (κ1) is 69.3. The van der Waals surface area contributed by atoms with E-state index in [4.69, 9.17) is 14.4 Å². The first-order valence-corrected chi connectivity index (χ1v) is 34.5. The monoisotopic (exact) mass is 1490 g/mol. The fourth-order valence-corrected chi connectivity index (χ4v) is 13.6. The number of furan rings is 1. The van der Waals surface area contributed by atoms with Crippen LogP contribution in [-0.4, -0.2) is 28.7 Å². The Balaban J connectivity index is 0.000000155. The molecule has 0 aliphatic carbocycles. The van der Waals surface area contributed by atoms with Crippen LogP contribution in [0.15, 0.2) is 241 Å². The van der Waals surface area contributed by atoms with Crippen molar-refractivity contribution in [3.05, 3.63) is 300 Å². The molecule has 0 bridgehead atoms. The molecule has 0 fully saturated rings. The summed E-state index contributed by atoms with van der Waals surface area (Å²) >= 11 is 0. The summed E-state index contributed by atoms with van der Waals surface area (Å²) in [5.41, 5.74) is 24.6. The van der Waals surface area contributed by atoms with E-state index in [2.05, 4.69) is 266 Å². The Labute approximate surface area is 600 Å². The molecule has 10 heteroatoms. The van der Waals surface area contributed by atoms with Gasteiger partial charge in [0.2, 0.25) is 0 Å². The van der Waals surface area contributed by atoms with E-state index in [9.17, 15) is 9.65 Å². The smallest absolute Gasteiger partial charge is 0.500 e. The molecule has 4 heterocycles. The maximum Gasteiger partial charge on any atom is 3.00 e. The van der Waals surface area contributed by atoms with Gasteiger partial charge in [0.15, 0.2) is 0 Å². The van der Waals surface area contributed by atoms with Crippen molar-refractivity contribution in [1.29, 1.82) is 5.26 Å². The van der Waals surface area contributed by atoms with Gasteiger partial charge in [-0.05, 0) is 140 Å². The zero-order valence-corrected chi connectivity index (χ0v) is 61.1. The summed E-state index contributed by atoms with van der Waals surface area (Å²) in [7, 11) is 0. The summed E-state index contributed by atoms with van der Waals surface area (Å²) in [5.74, 6) is 4.34. The second-order valence-electron chi connectivity index (χ2n) is 27.3. The zero-order chi connectivity index (χ0) is 69.2. The van der Waals surface area contributed by atoms with Gasteiger partial charge in [-0.2, -0.15) is 5.26 Å². The van der Waals surface area contributed by atoms with Crippen molar-refractivity contribution >= 4 is 44.0 Å². The van der Waals surface area contributed by atoms with Gasteiger partial charge in [0.25, 0.3) is 0 Å². The van der Waals surface area contributed by atoms with Crippen molar-refractivity contribution in [3.8, 4) is 79.5 Å². The fraction of sp³-hybridized carbons (Fsp3) is 0.200. The van der Waals surface area contributed by atoms with E-state index in [1.54, 1.807) is 12.1 Å². The summed E-state index contributed by atoms with van der Waals surface area (Å²) in [6.07, 6.45) is 3.93. The Bertz CT molecular complexity index is 5330. The van der Waals surface area contributed by atoms with Crippen LogP contribution in [0, 0.1) is 35.3 Å². The third-order valence-electron chi connectivity index (χ3n) is 18.6. The van der Waals surface area contributed by atoms with Gasteiger partial charge in [-0.1, -0.05) is 215 Å². The molecule has 0 aliphatic rings. The van der Waals surface area contributed by atoms with E-state index in [0.29, 0.717) is 40.4 Å². The van der Waals surface area contributed by atoms with Crippen LogP contribution >= 0.6 is 0 Å². The summed E-state index contributed by atoms with van der Waals surface area (Å²) in [6, 6.07) is 88.0. The number of para-hydroxylation sites is 6. The first-order valence-electron chi connectivity index (χ1n) is 34.5. The van der Waals surface area contributed by atoms with E-state index >= 15 is 0 Å². The summed E-state index contributed by atoms with van der Waals surface area (Å²) in [4.78, 5) is 14.7. The minimum atomic E-state index is -0.295. The SMILES string of the molecule is CC(C)c1cc(-c2ccc(-c3ccccc3)cc2)cc(C(C)C)c1-n1c(-c2[c-]ccc3c2oc2cc(C#N)ccc23)nc2ccccc21.CC(C)c1cccc(C(C)C)c1-n1c(-c2[c-]cc(F)cc2)nc2ccccc21.CC(C)c1cccc(C(C)C)c1-n1ccnc1-c1[c-]cccc1.[Ir+3]. The van der Waals surface area contributed by atoms with Crippen molar-refractivity contribution in [2.45, 2.75) is 119 Å². The molecule has 100 heavy (non-hydrogen) atoms. The van der Waals surface area contributed by atoms with Gasteiger partial charge in [-0.25, -0.2) is 0 Å². The molecule has 0 radical (unpaired) electrons. The molecule has 15 aromatic rings. The van der Waals surface area contributed by atoms with E-state index in [1.807, 2.05) is 72.9 Å². The van der Waals surface area contributed by atoms with Crippen LogP contribution in [0.2, 0.25) is 0 Å². The van der Waals surface area contributed by atoms with E-state index in [1.165, 1.54) is 79.1 Å². The molecule has 0 amide bonds. The molecule has 0 N–H and O–H groups in total. The molecule has 0 aliphatic heterocycles. The largest absolute Gasteiger partial charge is 3.00 e. The third kappa shape index (κ3) is 13.7. The van der Waals surface area contributed by atoms with E-state index in [-0.39, 0.29) is 37.8 Å². The molecule has 0 saturated heterocycles. The van der Waals surface area contributed by atoms with Crippen LogP contribution in [0.3, 0.4) is 0 Å². The normalized spacial score (nSPS) is 11.5.